The molecule has 6 nitrogen and oxygen atoms in total. The van der Waals surface area contributed by atoms with E-state index in [0.717, 1.165) is 0 Å². The molecule has 0 aliphatic heterocycles. The number of rotatable bonds is 1. The molecule has 0 spiro atoms. The minimum Gasteiger partial charge on any atom is -0.724 e. The Morgan fingerprint density at radius 3 is 0.846 bits per heavy atom. The lowest BCUT2D eigenvalue weighted by Gasteiger charge is -1.68. The van der Waals surface area contributed by atoms with Gasteiger partial charge in [-0.2, -0.15) is 0 Å². The lowest BCUT2D eigenvalue weighted by molar-refractivity contribution is 0.568. The summed E-state index contributed by atoms with van der Waals surface area (Å²) < 4.78 is 0. The standard InChI is InChI=1S/C4H10.3CNO/c1-3-4-2;3*2-1-3/h3-4H2,1-2H3;;;/q;3*-1. The molecule has 0 atom stereocenters. The van der Waals surface area contributed by atoms with Crippen LogP contribution < -0.4 is 0 Å². The maximum atomic E-state index is 8.24. The SMILES string of the molecule is CCCC.[N-]=C=O.[N-]=C=O.[N-]=C=O. The van der Waals surface area contributed by atoms with Crippen molar-refractivity contribution in [3.8, 4) is 0 Å². The summed E-state index contributed by atoms with van der Waals surface area (Å²) in [6.45, 7) is 4.36. The van der Waals surface area contributed by atoms with Crippen LogP contribution in [0, 0.1) is 0 Å². The Balaban J connectivity index is -0.0000000420. The van der Waals surface area contributed by atoms with E-state index < -0.39 is 0 Å². The normalized spacial score (nSPS) is 4.15. The van der Waals surface area contributed by atoms with E-state index in [1.54, 1.807) is 0 Å². The Morgan fingerprint density at radius 2 is 0.846 bits per heavy atom. The number of hydrogen-bond acceptors (Lipinski definition) is 3. The molecule has 0 aromatic heterocycles. The minimum atomic E-state index is 0.500. The van der Waals surface area contributed by atoms with Crippen molar-refractivity contribution >= 4 is 18.2 Å². The van der Waals surface area contributed by atoms with Crippen LogP contribution in [-0.4, -0.2) is 18.2 Å². The molecule has 0 radical (unpaired) electrons. The molecule has 6 heteroatoms. The van der Waals surface area contributed by atoms with Gasteiger partial charge in [0.1, 0.15) is 0 Å². The second-order valence-electron chi connectivity index (χ2n) is 1.27. The van der Waals surface area contributed by atoms with Gasteiger partial charge in [-0.25, -0.2) is 0 Å². The quantitative estimate of drug-likeness (QED) is 0.453. The smallest absolute Gasteiger partial charge is 0.0159 e. The third-order valence-electron chi connectivity index (χ3n) is 0.500. The summed E-state index contributed by atoms with van der Waals surface area (Å²) in [5, 5.41) is 20.3. The molecule has 0 aliphatic rings. The summed E-state index contributed by atoms with van der Waals surface area (Å²) in [5.74, 6) is 0. The zero-order valence-corrected chi connectivity index (χ0v) is 7.48. The highest BCUT2D eigenvalue weighted by Gasteiger charge is 1.56. The van der Waals surface area contributed by atoms with Gasteiger partial charge in [-0.1, -0.05) is 26.7 Å². The van der Waals surface area contributed by atoms with E-state index in [9.17, 15) is 0 Å². The molecule has 0 bridgehead atoms. The summed E-state index contributed by atoms with van der Waals surface area (Å²) >= 11 is 0. The first kappa shape index (κ1) is 22.5. The van der Waals surface area contributed by atoms with Crippen molar-refractivity contribution in [3.05, 3.63) is 16.2 Å². The molecule has 0 aliphatic carbocycles. The first-order valence-electron chi connectivity index (χ1n) is 3.20. The van der Waals surface area contributed by atoms with Crippen LogP contribution in [0.25, 0.3) is 16.2 Å². The molecule has 0 fully saturated rings. The third-order valence-corrected chi connectivity index (χ3v) is 0.500. The van der Waals surface area contributed by atoms with Gasteiger partial charge in [-0.05, 0) is 18.2 Å². The molecule has 0 heterocycles. The molecule has 0 N–H and O–H groups in total. The maximum Gasteiger partial charge on any atom is -0.0159 e. The van der Waals surface area contributed by atoms with Gasteiger partial charge < -0.3 is 16.2 Å². The highest BCUT2D eigenvalue weighted by Crippen LogP contribution is 1.76. The molecular formula is C7H10N3O3-3. The first-order chi connectivity index (χ1) is 6.16. The molecule has 0 rings (SSSR count). The molecular weight excluding hydrogens is 174 g/mol. The van der Waals surface area contributed by atoms with Gasteiger partial charge in [0, 0.05) is 0 Å². The van der Waals surface area contributed by atoms with Gasteiger partial charge in [-0.15, -0.1) is 0 Å². The van der Waals surface area contributed by atoms with Gasteiger partial charge in [0.15, 0.2) is 0 Å². The van der Waals surface area contributed by atoms with Gasteiger partial charge in [-0.3, -0.25) is 14.4 Å². The van der Waals surface area contributed by atoms with Crippen molar-refractivity contribution in [2.24, 2.45) is 0 Å². The highest BCUT2D eigenvalue weighted by atomic mass is 16.1. The largest absolute Gasteiger partial charge is 0.724 e. The summed E-state index contributed by atoms with van der Waals surface area (Å²) in [6, 6.07) is 0. The zero-order valence-electron chi connectivity index (χ0n) is 7.48. The lowest BCUT2D eigenvalue weighted by atomic mass is 10.4. The van der Waals surface area contributed by atoms with Crippen LogP contribution >= 0.6 is 0 Å². The highest BCUT2D eigenvalue weighted by molar-refractivity contribution is 5.37. The monoisotopic (exact) mass is 184 g/mol. The third kappa shape index (κ3) is 908. The Hall–Kier alpha value is -1.86. The van der Waals surface area contributed by atoms with E-state index in [4.69, 9.17) is 30.6 Å². The number of nitrogens with zero attached hydrogens (tertiary/aromatic N) is 3. The fourth-order valence-corrected chi connectivity index (χ4v) is 0. The molecule has 0 saturated carbocycles. The predicted octanol–water partition coefficient (Wildman–Crippen LogP) is 1.48. The second kappa shape index (κ2) is 85.9. The van der Waals surface area contributed by atoms with E-state index in [1.807, 2.05) is 0 Å². The summed E-state index contributed by atoms with van der Waals surface area (Å²) in [6.07, 6.45) is 4.14. The van der Waals surface area contributed by atoms with Crippen molar-refractivity contribution in [1.29, 1.82) is 0 Å². The van der Waals surface area contributed by atoms with Crippen LogP contribution in [0.4, 0.5) is 0 Å². The van der Waals surface area contributed by atoms with Crippen molar-refractivity contribution < 1.29 is 14.4 Å². The van der Waals surface area contributed by atoms with Gasteiger partial charge >= 0.3 is 0 Å². The van der Waals surface area contributed by atoms with E-state index >= 15 is 0 Å². The van der Waals surface area contributed by atoms with Crippen molar-refractivity contribution in [2.45, 2.75) is 26.7 Å². The Labute approximate surface area is 76.5 Å². The molecule has 0 saturated heterocycles. The summed E-state index contributed by atoms with van der Waals surface area (Å²) in [5.41, 5.74) is 0. The number of unbranched alkanes of at least 4 members (excludes halogenated alkanes) is 1. The average molecular weight is 184 g/mol. The number of isocyanates is 3. The molecule has 0 aromatic carbocycles. The molecule has 0 unspecified atom stereocenters. The van der Waals surface area contributed by atoms with Gasteiger partial charge in [0.25, 0.3) is 0 Å². The number of carbonyl (C=O) groups excluding carboxylic acids is 3. The van der Waals surface area contributed by atoms with Crippen molar-refractivity contribution in [2.75, 3.05) is 0 Å². The van der Waals surface area contributed by atoms with E-state index in [2.05, 4.69) is 13.8 Å². The molecule has 0 aromatic rings. The summed E-state index contributed by atoms with van der Waals surface area (Å²) in [4.78, 5) is 24.7. The Bertz CT molecular complexity index is 131. The number of hydrogen-bond donors (Lipinski definition) is 0. The average Bonchev–Trinajstić information content (AvgIpc) is 2.08. The second-order valence-corrected chi connectivity index (χ2v) is 1.27. The topological polar surface area (TPSA) is 118 Å². The summed E-state index contributed by atoms with van der Waals surface area (Å²) in [7, 11) is 0. The van der Waals surface area contributed by atoms with Crippen LogP contribution in [0.1, 0.15) is 26.7 Å². The van der Waals surface area contributed by atoms with Crippen LogP contribution in [-0.2, 0) is 14.4 Å². The van der Waals surface area contributed by atoms with E-state index in [1.165, 1.54) is 12.8 Å². The van der Waals surface area contributed by atoms with E-state index in [0.29, 0.717) is 18.2 Å². The fraction of sp³-hybridized carbons (Fsp3) is 0.571. The lowest BCUT2D eigenvalue weighted by Crippen LogP contribution is -1.47. The predicted molar refractivity (Wildman–Crippen MR) is 47.7 cm³/mol. The molecule has 0 amide bonds. The van der Waals surface area contributed by atoms with Crippen LogP contribution in [0.5, 0.6) is 0 Å². The minimum absolute atomic E-state index is 0.500. The van der Waals surface area contributed by atoms with Gasteiger partial charge in [0.2, 0.25) is 0 Å². The van der Waals surface area contributed by atoms with Crippen molar-refractivity contribution in [3.63, 3.8) is 0 Å². The van der Waals surface area contributed by atoms with Crippen molar-refractivity contribution in [1.82, 2.24) is 0 Å². The van der Waals surface area contributed by atoms with Crippen LogP contribution in [0.2, 0.25) is 0 Å². The van der Waals surface area contributed by atoms with E-state index in [-0.39, 0.29) is 0 Å². The molecule has 74 valence electrons. The zero-order chi connectivity index (χ0) is 11.5. The Kier molecular flexibility index (Phi) is 148. The first-order valence-corrected chi connectivity index (χ1v) is 3.20. The Morgan fingerprint density at radius 1 is 0.769 bits per heavy atom. The van der Waals surface area contributed by atoms with Crippen LogP contribution in [0.3, 0.4) is 0 Å². The molecule has 13 heavy (non-hydrogen) atoms. The maximum absolute atomic E-state index is 8.24. The fourth-order valence-electron chi connectivity index (χ4n) is 0. The van der Waals surface area contributed by atoms with Gasteiger partial charge in [0.05, 0.1) is 0 Å². The van der Waals surface area contributed by atoms with Crippen LogP contribution in [0.15, 0.2) is 0 Å².